The number of hydrogen-bond donors (Lipinski definition) is 1. The SMILES string of the molecule is CCCC[C@@H](C)C(=O)NCC[C@H]1CCCO1. The van der Waals surface area contributed by atoms with E-state index in [2.05, 4.69) is 12.2 Å². The molecular formula is C13H25NO2. The van der Waals surface area contributed by atoms with E-state index in [0.29, 0.717) is 6.10 Å². The Labute approximate surface area is 98.9 Å². The zero-order chi connectivity index (χ0) is 11.8. The van der Waals surface area contributed by atoms with Crippen molar-refractivity contribution in [3.05, 3.63) is 0 Å². The summed E-state index contributed by atoms with van der Waals surface area (Å²) in [6.07, 6.45) is 6.97. The number of unbranched alkanes of at least 4 members (excludes halogenated alkanes) is 1. The average molecular weight is 227 g/mol. The predicted octanol–water partition coefficient (Wildman–Crippen LogP) is 2.50. The molecule has 94 valence electrons. The lowest BCUT2D eigenvalue weighted by Gasteiger charge is -2.13. The van der Waals surface area contributed by atoms with Crippen molar-refractivity contribution < 1.29 is 9.53 Å². The molecule has 0 aromatic rings. The Balaban J connectivity index is 2.04. The van der Waals surface area contributed by atoms with Gasteiger partial charge in [0.05, 0.1) is 6.10 Å². The van der Waals surface area contributed by atoms with Gasteiger partial charge < -0.3 is 10.1 Å². The lowest BCUT2D eigenvalue weighted by molar-refractivity contribution is -0.124. The molecule has 0 spiro atoms. The van der Waals surface area contributed by atoms with Crippen molar-refractivity contribution >= 4 is 5.91 Å². The van der Waals surface area contributed by atoms with Gasteiger partial charge in [-0.05, 0) is 25.7 Å². The van der Waals surface area contributed by atoms with Gasteiger partial charge in [-0.25, -0.2) is 0 Å². The van der Waals surface area contributed by atoms with Crippen molar-refractivity contribution in [1.29, 1.82) is 0 Å². The van der Waals surface area contributed by atoms with Gasteiger partial charge in [0.15, 0.2) is 0 Å². The Morgan fingerprint density at radius 3 is 3.00 bits per heavy atom. The van der Waals surface area contributed by atoms with Crippen LogP contribution >= 0.6 is 0 Å². The van der Waals surface area contributed by atoms with Crippen LogP contribution in [0.5, 0.6) is 0 Å². The first-order chi connectivity index (χ1) is 7.74. The minimum atomic E-state index is 0.157. The van der Waals surface area contributed by atoms with Gasteiger partial charge in [0.25, 0.3) is 0 Å². The summed E-state index contributed by atoms with van der Waals surface area (Å²) in [5.41, 5.74) is 0. The fourth-order valence-electron chi connectivity index (χ4n) is 2.04. The van der Waals surface area contributed by atoms with E-state index in [4.69, 9.17) is 4.74 Å². The average Bonchev–Trinajstić information content (AvgIpc) is 2.78. The third-order valence-electron chi connectivity index (χ3n) is 3.23. The number of hydrogen-bond acceptors (Lipinski definition) is 2. The molecule has 16 heavy (non-hydrogen) atoms. The molecule has 1 rings (SSSR count). The quantitative estimate of drug-likeness (QED) is 0.725. The predicted molar refractivity (Wildman–Crippen MR) is 65.3 cm³/mol. The first-order valence-corrected chi connectivity index (χ1v) is 6.63. The van der Waals surface area contributed by atoms with E-state index >= 15 is 0 Å². The van der Waals surface area contributed by atoms with Crippen LogP contribution in [0, 0.1) is 5.92 Å². The van der Waals surface area contributed by atoms with E-state index in [1.54, 1.807) is 0 Å². The molecule has 0 radical (unpaired) electrons. The number of carbonyl (C=O) groups excluding carboxylic acids is 1. The van der Waals surface area contributed by atoms with Crippen LogP contribution in [0.25, 0.3) is 0 Å². The van der Waals surface area contributed by atoms with Crippen LogP contribution in [-0.4, -0.2) is 25.2 Å². The van der Waals surface area contributed by atoms with E-state index in [0.717, 1.165) is 45.3 Å². The maximum Gasteiger partial charge on any atom is 0.222 e. The van der Waals surface area contributed by atoms with Crippen LogP contribution in [0.3, 0.4) is 0 Å². The Morgan fingerprint density at radius 2 is 2.38 bits per heavy atom. The second-order valence-corrected chi connectivity index (χ2v) is 4.76. The molecule has 1 aliphatic rings. The summed E-state index contributed by atoms with van der Waals surface area (Å²) in [6.45, 7) is 5.82. The van der Waals surface area contributed by atoms with Crippen LogP contribution in [0.2, 0.25) is 0 Å². The number of carbonyl (C=O) groups is 1. The Kier molecular flexibility index (Phi) is 6.46. The van der Waals surface area contributed by atoms with Gasteiger partial charge in [-0.2, -0.15) is 0 Å². The van der Waals surface area contributed by atoms with Crippen LogP contribution in [0.15, 0.2) is 0 Å². The Bertz CT molecular complexity index is 200. The van der Waals surface area contributed by atoms with Gasteiger partial charge in [-0.15, -0.1) is 0 Å². The molecule has 0 bridgehead atoms. The van der Waals surface area contributed by atoms with Gasteiger partial charge in [0.1, 0.15) is 0 Å². The van der Waals surface area contributed by atoms with Crippen LogP contribution in [-0.2, 0) is 9.53 Å². The minimum Gasteiger partial charge on any atom is -0.378 e. The standard InChI is InChI=1S/C13H25NO2/c1-3-4-6-11(2)13(15)14-9-8-12-7-5-10-16-12/h11-12H,3-10H2,1-2H3,(H,14,15)/t11-,12-/m1/s1. The van der Waals surface area contributed by atoms with Crippen molar-refractivity contribution in [2.45, 2.75) is 58.5 Å². The first kappa shape index (κ1) is 13.5. The highest BCUT2D eigenvalue weighted by Crippen LogP contribution is 2.14. The maximum atomic E-state index is 11.7. The molecule has 0 aromatic carbocycles. The third-order valence-corrected chi connectivity index (χ3v) is 3.23. The van der Waals surface area contributed by atoms with E-state index in [-0.39, 0.29) is 11.8 Å². The van der Waals surface area contributed by atoms with Crippen molar-refractivity contribution in [1.82, 2.24) is 5.32 Å². The Hall–Kier alpha value is -0.570. The Morgan fingerprint density at radius 1 is 1.56 bits per heavy atom. The molecule has 1 heterocycles. The summed E-state index contributed by atoms with van der Waals surface area (Å²) in [7, 11) is 0. The molecule has 3 heteroatoms. The minimum absolute atomic E-state index is 0.157. The highest BCUT2D eigenvalue weighted by Gasteiger charge is 2.16. The lowest BCUT2D eigenvalue weighted by Crippen LogP contribution is -2.31. The summed E-state index contributed by atoms with van der Waals surface area (Å²) in [6, 6.07) is 0. The van der Waals surface area contributed by atoms with E-state index < -0.39 is 0 Å². The molecule has 2 atom stereocenters. The fraction of sp³-hybridized carbons (Fsp3) is 0.923. The summed E-state index contributed by atoms with van der Waals surface area (Å²) < 4.78 is 5.51. The molecule has 0 aromatic heterocycles. The monoisotopic (exact) mass is 227 g/mol. The topological polar surface area (TPSA) is 38.3 Å². The highest BCUT2D eigenvalue weighted by atomic mass is 16.5. The third kappa shape index (κ3) is 4.97. The van der Waals surface area contributed by atoms with Crippen LogP contribution in [0.1, 0.15) is 52.4 Å². The normalized spacial score (nSPS) is 22.0. The summed E-state index contributed by atoms with van der Waals surface area (Å²) >= 11 is 0. The summed E-state index contributed by atoms with van der Waals surface area (Å²) in [4.78, 5) is 11.7. The summed E-state index contributed by atoms with van der Waals surface area (Å²) in [5.74, 6) is 0.357. The molecule has 0 saturated carbocycles. The smallest absolute Gasteiger partial charge is 0.222 e. The van der Waals surface area contributed by atoms with Crippen molar-refractivity contribution in [3.8, 4) is 0 Å². The van der Waals surface area contributed by atoms with Gasteiger partial charge in [0.2, 0.25) is 5.91 Å². The fourth-order valence-corrected chi connectivity index (χ4v) is 2.04. The van der Waals surface area contributed by atoms with Gasteiger partial charge in [0, 0.05) is 19.1 Å². The van der Waals surface area contributed by atoms with Crippen molar-refractivity contribution in [3.63, 3.8) is 0 Å². The molecule has 1 saturated heterocycles. The molecular weight excluding hydrogens is 202 g/mol. The van der Waals surface area contributed by atoms with Gasteiger partial charge >= 0.3 is 0 Å². The molecule has 0 unspecified atom stereocenters. The molecule has 0 aliphatic carbocycles. The number of nitrogens with one attached hydrogen (secondary N) is 1. The second-order valence-electron chi connectivity index (χ2n) is 4.76. The molecule has 3 nitrogen and oxygen atoms in total. The van der Waals surface area contributed by atoms with E-state index in [1.165, 1.54) is 6.42 Å². The first-order valence-electron chi connectivity index (χ1n) is 6.63. The van der Waals surface area contributed by atoms with Crippen LogP contribution < -0.4 is 5.32 Å². The second kappa shape index (κ2) is 7.66. The molecule has 1 N–H and O–H groups in total. The van der Waals surface area contributed by atoms with Crippen molar-refractivity contribution in [2.24, 2.45) is 5.92 Å². The number of ether oxygens (including phenoxy) is 1. The largest absolute Gasteiger partial charge is 0.378 e. The van der Waals surface area contributed by atoms with Crippen molar-refractivity contribution in [2.75, 3.05) is 13.2 Å². The van der Waals surface area contributed by atoms with Gasteiger partial charge in [-0.1, -0.05) is 26.7 Å². The number of rotatable bonds is 7. The zero-order valence-corrected chi connectivity index (χ0v) is 10.6. The van der Waals surface area contributed by atoms with Gasteiger partial charge in [-0.3, -0.25) is 4.79 Å². The maximum absolute atomic E-state index is 11.7. The van der Waals surface area contributed by atoms with Crippen LogP contribution in [0.4, 0.5) is 0 Å². The number of amides is 1. The molecule has 1 aliphatic heterocycles. The summed E-state index contributed by atoms with van der Waals surface area (Å²) in [5, 5.41) is 3.00. The van der Waals surface area contributed by atoms with E-state index in [9.17, 15) is 4.79 Å². The molecule has 1 amide bonds. The lowest BCUT2D eigenvalue weighted by atomic mass is 10.0. The highest BCUT2D eigenvalue weighted by molar-refractivity contribution is 5.78. The van der Waals surface area contributed by atoms with E-state index in [1.807, 2.05) is 6.92 Å². The molecule has 1 fully saturated rings. The zero-order valence-electron chi connectivity index (χ0n) is 10.6.